The van der Waals surface area contributed by atoms with E-state index in [1.807, 2.05) is 6.07 Å². The Morgan fingerprint density at radius 2 is 2.15 bits per heavy atom. The molecule has 2 nitrogen and oxygen atoms in total. The molecule has 13 heavy (non-hydrogen) atoms. The Labute approximate surface area is 86.2 Å². The van der Waals surface area contributed by atoms with Gasteiger partial charge in [0.1, 0.15) is 0 Å². The van der Waals surface area contributed by atoms with E-state index in [2.05, 4.69) is 45.3 Å². The minimum atomic E-state index is 0.945. The lowest BCUT2D eigenvalue weighted by Crippen LogP contribution is -1.98. The van der Waals surface area contributed by atoms with E-state index < -0.39 is 0 Å². The van der Waals surface area contributed by atoms with Crippen LogP contribution in [0.2, 0.25) is 0 Å². The molecule has 1 aliphatic heterocycles. The summed E-state index contributed by atoms with van der Waals surface area (Å²) in [6.07, 6.45) is 0.965. The van der Waals surface area contributed by atoms with Gasteiger partial charge < -0.3 is 10.6 Å². The highest BCUT2D eigenvalue weighted by atomic mass is 79.9. The van der Waals surface area contributed by atoms with Gasteiger partial charge in [0.2, 0.25) is 0 Å². The molecule has 1 aromatic rings. The molecule has 1 heterocycles. The summed E-state index contributed by atoms with van der Waals surface area (Å²) in [6, 6.07) is 6.14. The van der Waals surface area contributed by atoms with Crippen molar-refractivity contribution in [1.82, 2.24) is 0 Å². The number of fused-ring (bicyclic) bond motifs is 1. The highest BCUT2D eigenvalue weighted by molar-refractivity contribution is 9.10. The Bertz CT molecular complexity index is 347. The SMILES string of the molecule is C=C1CCNc2ccc(Br)cc2N1. The van der Waals surface area contributed by atoms with Gasteiger partial charge in [0.15, 0.2) is 0 Å². The van der Waals surface area contributed by atoms with Gasteiger partial charge in [-0.25, -0.2) is 0 Å². The number of halogens is 1. The lowest BCUT2D eigenvalue weighted by molar-refractivity contribution is 1.03. The van der Waals surface area contributed by atoms with Crippen LogP contribution in [0, 0.1) is 0 Å². The fraction of sp³-hybridized carbons (Fsp3) is 0.200. The number of anilines is 2. The Kier molecular flexibility index (Phi) is 2.27. The monoisotopic (exact) mass is 238 g/mol. The van der Waals surface area contributed by atoms with Crippen molar-refractivity contribution in [3.8, 4) is 0 Å². The largest absolute Gasteiger partial charge is 0.383 e. The van der Waals surface area contributed by atoms with Gasteiger partial charge in [-0.3, -0.25) is 0 Å². The zero-order chi connectivity index (χ0) is 9.26. The summed E-state index contributed by atoms with van der Waals surface area (Å²) < 4.78 is 1.08. The fourth-order valence-corrected chi connectivity index (χ4v) is 1.74. The lowest BCUT2D eigenvalue weighted by atomic mass is 10.2. The normalized spacial score (nSPS) is 15.3. The first-order valence-electron chi connectivity index (χ1n) is 4.24. The third-order valence-electron chi connectivity index (χ3n) is 2.04. The molecule has 0 aromatic heterocycles. The zero-order valence-corrected chi connectivity index (χ0v) is 8.82. The van der Waals surface area contributed by atoms with Gasteiger partial charge in [0.25, 0.3) is 0 Å². The van der Waals surface area contributed by atoms with E-state index in [0.717, 1.165) is 34.5 Å². The van der Waals surface area contributed by atoms with Gasteiger partial charge in [-0.05, 0) is 18.2 Å². The van der Waals surface area contributed by atoms with Crippen molar-refractivity contribution < 1.29 is 0 Å². The van der Waals surface area contributed by atoms with E-state index in [0.29, 0.717) is 0 Å². The van der Waals surface area contributed by atoms with E-state index in [1.165, 1.54) is 0 Å². The average molecular weight is 239 g/mol. The van der Waals surface area contributed by atoms with Crippen molar-refractivity contribution in [1.29, 1.82) is 0 Å². The first kappa shape index (κ1) is 8.63. The summed E-state index contributed by atoms with van der Waals surface area (Å²) in [5.41, 5.74) is 3.29. The van der Waals surface area contributed by atoms with Crippen molar-refractivity contribution in [2.24, 2.45) is 0 Å². The van der Waals surface area contributed by atoms with Crippen molar-refractivity contribution in [2.45, 2.75) is 6.42 Å². The predicted octanol–water partition coefficient (Wildman–Crippen LogP) is 3.19. The Balaban J connectivity index is 2.40. The van der Waals surface area contributed by atoms with Gasteiger partial charge in [-0.2, -0.15) is 0 Å². The molecule has 2 rings (SSSR count). The first-order chi connectivity index (χ1) is 6.25. The summed E-state index contributed by atoms with van der Waals surface area (Å²) in [6.45, 7) is 4.88. The maximum atomic E-state index is 3.94. The molecule has 0 radical (unpaired) electrons. The summed E-state index contributed by atoms with van der Waals surface area (Å²) in [7, 11) is 0. The van der Waals surface area contributed by atoms with Crippen LogP contribution in [0.1, 0.15) is 6.42 Å². The van der Waals surface area contributed by atoms with Crippen molar-refractivity contribution in [2.75, 3.05) is 17.2 Å². The van der Waals surface area contributed by atoms with Crippen LogP contribution in [0.3, 0.4) is 0 Å². The molecule has 1 aromatic carbocycles. The van der Waals surface area contributed by atoms with Crippen LogP contribution in [0.4, 0.5) is 11.4 Å². The van der Waals surface area contributed by atoms with Crippen LogP contribution >= 0.6 is 15.9 Å². The van der Waals surface area contributed by atoms with Crippen LogP contribution in [0.5, 0.6) is 0 Å². The van der Waals surface area contributed by atoms with Crippen LogP contribution < -0.4 is 10.6 Å². The van der Waals surface area contributed by atoms with Gasteiger partial charge in [-0.15, -0.1) is 0 Å². The maximum Gasteiger partial charge on any atom is 0.0628 e. The molecule has 0 spiro atoms. The molecule has 1 aliphatic rings. The number of nitrogens with one attached hydrogen (secondary N) is 2. The van der Waals surface area contributed by atoms with Crippen LogP contribution in [0.25, 0.3) is 0 Å². The second kappa shape index (κ2) is 3.42. The third-order valence-corrected chi connectivity index (χ3v) is 2.53. The fourth-order valence-electron chi connectivity index (χ4n) is 1.38. The van der Waals surface area contributed by atoms with Gasteiger partial charge in [0.05, 0.1) is 11.4 Å². The van der Waals surface area contributed by atoms with Gasteiger partial charge >= 0.3 is 0 Å². The molecule has 0 unspecified atom stereocenters. The molecular formula is C10H11BrN2. The minimum absolute atomic E-state index is 0.945. The average Bonchev–Trinajstić information content (AvgIpc) is 2.25. The third kappa shape index (κ3) is 1.86. The predicted molar refractivity (Wildman–Crippen MR) is 60.0 cm³/mol. The van der Waals surface area contributed by atoms with Crippen molar-refractivity contribution in [3.63, 3.8) is 0 Å². The maximum absolute atomic E-state index is 3.94. The van der Waals surface area contributed by atoms with Gasteiger partial charge in [0, 0.05) is 23.1 Å². The standard InChI is InChI=1S/C10H11BrN2/c1-7-4-5-12-9-3-2-8(11)6-10(9)13-7/h2-3,6,12-13H,1,4-5H2. The molecule has 0 atom stereocenters. The topological polar surface area (TPSA) is 24.1 Å². The molecule has 0 amide bonds. The highest BCUT2D eigenvalue weighted by Crippen LogP contribution is 2.29. The second-order valence-electron chi connectivity index (χ2n) is 3.10. The summed E-state index contributed by atoms with van der Waals surface area (Å²) in [5, 5.41) is 6.61. The lowest BCUT2D eigenvalue weighted by Gasteiger charge is -2.08. The van der Waals surface area contributed by atoms with E-state index in [1.54, 1.807) is 0 Å². The van der Waals surface area contributed by atoms with Gasteiger partial charge in [-0.1, -0.05) is 22.5 Å². The molecule has 68 valence electrons. The number of rotatable bonds is 0. The molecule has 3 heteroatoms. The van der Waals surface area contributed by atoms with E-state index in [9.17, 15) is 0 Å². The Morgan fingerprint density at radius 1 is 1.31 bits per heavy atom. The van der Waals surface area contributed by atoms with Crippen LogP contribution in [-0.4, -0.2) is 6.54 Å². The number of hydrogen-bond donors (Lipinski definition) is 2. The van der Waals surface area contributed by atoms with Crippen molar-refractivity contribution in [3.05, 3.63) is 34.9 Å². The molecule has 0 aliphatic carbocycles. The van der Waals surface area contributed by atoms with Crippen molar-refractivity contribution >= 4 is 27.3 Å². The minimum Gasteiger partial charge on any atom is -0.383 e. The number of hydrogen-bond acceptors (Lipinski definition) is 2. The van der Waals surface area contributed by atoms with E-state index in [4.69, 9.17) is 0 Å². The number of benzene rings is 1. The quantitative estimate of drug-likeness (QED) is 0.726. The van der Waals surface area contributed by atoms with Crippen LogP contribution in [-0.2, 0) is 0 Å². The molecule has 0 fully saturated rings. The molecule has 0 saturated heterocycles. The summed E-state index contributed by atoms with van der Waals surface area (Å²) in [4.78, 5) is 0. The smallest absolute Gasteiger partial charge is 0.0628 e. The highest BCUT2D eigenvalue weighted by Gasteiger charge is 2.07. The molecule has 0 bridgehead atoms. The van der Waals surface area contributed by atoms with Crippen LogP contribution in [0.15, 0.2) is 34.9 Å². The first-order valence-corrected chi connectivity index (χ1v) is 5.03. The van der Waals surface area contributed by atoms with E-state index in [-0.39, 0.29) is 0 Å². The zero-order valence-electron chi connectivity index (χ0n) is 7.23. The Morgan fingerprint density at radius 3 is 3.00 bits per heavy atom. The second-order valence-corrected chi connectivity index (χ2v) is 4.01. The summed E-state index contributed by atoms with van der Waals surface area (Å²) >= 11 is 3.44. The summed E-state index contributed by atoms with van der Waals surface area (Å²) in [5.74, 6) is 0. The molecule has 0 saturated carbocycles. The Hall–Kier alpha value is -0.960. The van der Waals surface area contributed by atoms with E-state index >= 15 is 0 Å². The molecule has 2 N–H and O–H groups in total. The molecular weight excluding hydrogens is 228 g/mol.